The first kappa shape index (κ1) is 11.0. The molecule has 0 bridgehead atoms. The second-order valence-corrected chi connectivity index (χ2v) is 3.93. The van der Waals surface area contributed by atoms with Crippen molar-refractivity contribution in [2.45, 2.75) is 6.54 Å². The fourth-order valence-corrected chi connectivity index (χ4v) is 1.81. The number of hydrogen-bond acceptors (Lipinski definition) is 2. The van der Waals surface area contributed by atoms with Crippen molar-refractivity contribution in [1.29, 1.82) is 0 Å². The summed E-state index contributed by atoms with van der Waals surface area (Å²) in [6, 6.07) is 12.8. The van der Waals surface area contributed by atoms with Crippen molar-refractivity contribution < 1.29 is 5.11 Å². The minimum atomic E-state index is 0.257. The van der Waals surface area contributed by atoms with E-state index >= 15 is 0 Å². The number of hydrogen-bond donors (Lipinski definition) is 2. The first-order chi connectivity index (χ1) is 7.72. The minimum absolute atomic E-state index is 0.257. The van der Waals surface area contributed by atoms with E-state index < -0.39 is 0 Å². The minimum Gasteiger partial charge on any atom is -0.507 e. The highest BCUT2D eigenvalue weighted by Gasteiger charge is 2.05. The zero-order valence-electron chi connectivity index (χ0n) is 8.65. The van der Waals surface area contributed by atoms with Gasteiger partial charge in [-0.15, -0.1) is 0 Å². The molecule has 0 aliphatic heterocycles. The number of halogens is 1. The van der Waals surface area contributed by atoms with E-state index in [1.165, 1.54) is 0 Å². The molecule has 0 aliphatic rings. The van der Waals surface area contributed by atoms with E-state index in [2.05, 4.69) is 0 Å². The van der Waals surface area contributed by atoms with Gasteiger partial charge in [0.1, 0.15) is 5.75 Å². The molecule has 2 nitrogen and oxygen atoms in total. The van der Waals surface area contributed by atoms with Gasteiger partial charge in [0, 0.05) is 17.1 Å². The number of nitrogens with two attached hydrogens (primary N) is 1. The molecule has 0 unspecified atom stereocenters. The number of benzene rings is 2. The van der Waals surface area contributed by atoms with Gasteiger partial charge in [0.2, 0.25) is 0 Å². The van der Waals surface area contributed by atoms with Crippen molar-refractivity contribution >= 4 is 11.6 Å². The third-order valence-corrected chi connectivity index (χ3v) is 2.85. The summed E-state index contributed by atoms with van der Waals surface area (Å²) in [7, 11) is 0. The Bertz CT molecular complexity index is 511. The molecule has 0 heterocycles. The normalized spacial score (nSPS) is 10.4. The highest BCUT2D eigenvalue weighted by Crippen LogP contribution is 2.30. The third-order valence-electron chi connectivity index (χ3n) is 2.48. The van der Waals surface area contributed by atoms with Crippen LogP contribution in [0.2, 0.25) is 5.02 Å². The van der Waals surface area contributed by atoms with Crippen LogP contribution < -0.4 is 5.73 Å². The molecule has 3 N–H and O–H groups in total. The Hall–Kier alpha value is -1.51. The third kappa shape index (κ3) is 2.03. The predicted molar refractivity (Wildman–Crippen MR) is 66.4 cm³/mol. The number of phenols is 1. The fraction of sp³-hybridized carbons (Fsp3) is 0.0769. The van der Waals surface area contributed by atoms with E-state index in [9.17, 15) is 5.11 Å². The van der Waals surface area contributed by atoms with E-state index in [0.29, 0.717) is 11.6 Å². The lowest BCUT2D eigenvalue weighted by atomic mass is 10.0. The van der Waals surface area contributed by atoms with Crippen molar-refractivity contribution in [1.82, 2.24) is 0 Å². The Kier molecular flexibility index (Phi) is 3.13. The van der Waals surface area contributed by atoms with Crippen LogP contribution >= 0.6 is 11.6 Å². The molecule has 2 rings (SSSR count). The number of rotatable bonds is 2. The highest BCUT2D eigenvalue weighted by atomic mass is 35.5. The van der Waals surface area contributed by atoms with Crippen LogP contribution in [-0.2, 0) is 6.54 Å². The molecule has 2 aromatic carbocycles. The molecule has 0 atom stereocenters. The summed E-state index contributed by atoms with van der Waals surface area (Å²) in [5.41, 5.74) is 8.17. The average molecular weight is 234 g/mol. The van der Waals surface area contributed by atoms with Gasteiger partial charge < -0.3 is 10.8 Å². The van der Waals surface area contributed by atoms with E-state index in [1.54, 1.807) is 18.2 Å². The Labute approximate surface area is 99.3 Å². The number of para-hydroxylation sites is 1. The van der Waals surface area contributed by atoms with Crippen molar-refractivity contribution in [2.75, 3.05) is 0 Å². The van der Waals surface area contributed by atoms with Gasteiger partial charge in [-0.2, -0.15) is 0 Å². The second-order valence-electron chi connectivity index (χ2n) is 3.53. The molecule has 0 amide bonds. The van der Waals surface area contributed by atoms with Gasteiger partial charge in [-0.05, 0) is 29.3 Å². The fourth-order valence-electron chi connectivity index (χ4n) is 1.62. The summed E-state index contributed by atoms with van der Waals surface area (Å²) in [5.74, 6) is 0.257. The Morgan fingerprint density at radius 3 is 2.56 bits per heavy atom. The van der Waals surface area contributed by atoms with E-state index in [-0.39, 0.29) is 5.75 Å². The molecule has 0 spiro atoms. The Morgan fingerprint density at radius 2 is 1.88 bits per heavy atom. The van der Waals surface area contributed by atoms with Gasteiger partial charge in [-0.3, -0.25) is 0 Å². The van der Waals surface area contributed by atoms with Crippen molar-refractivity contribution in [3.05, 3.63) is 53.1 Å². The average Bonchev–Trinajstić information content (AvgIpc) is 2.31. The summed E-state index contributed by atoms with van der Waals surface area (Å²) in [4.78, 5) is 0. The lowest BCUT2D eigenvalue weighted by Crippen LogP contribution is -1.97. The molecular formula is C13H12ClNO. The van der Waals surface area contributed by atoms with Crippen molar-refractivity contribution in [3.63, 3.8) is 0 Å². The Morgan fingerprint density at radius 1 is 1.12 bits per heavy atom. The number of aromatic hydroxyl groups is 1. The monoisotopic (exact) mass is 233 g/mol. The topological polar surface area (TPSA) is 46.2 Å². The zero-order chi connectivity index (χ0) is 11.5. The summed E-state index contributed by atoms with van der Waals surface area (Å²) in [6.45, 7) is 0.389. The van der Waals surface area contributed by atoms with E-state index in [1.807, 2.05) is 24.3 Å². The maximum absolute atomic E-state index is 9.73. The van der Waals surface area contributed by atoms with Crippen molar-refractivity contribution in [3.8, 4) is 16.9 Å². The molecule has 2 aromatic rings. The Balaban J connectivity index is 2.53. The molecule has 0 radical (unpaired) electrons. The largest absolute Gasteiger partial charge is 0.507 e. The smallest absolute Gasteiger partial charge is 0.123 e. The van der Waals surface area contributed by atoms with Gasteiger partial charge in [-0.1, -0.05) is 35.9 Å². The highest BCUT2D eigenvalue weighted by molar-refractivity contribution is 6.31. The molecule has 3 heteroatoms. The van der Waals surface area contributed by atoms with Crippen molar-refractivity contribution in [2.24, 2.45) is 5.73 Å². The van der Waals surface area contributed by atoms with Crippen LogP contribution in [0.15, 0.2) is 42.5 Å². The van der Waals surface area contributed by atoms with Crippen LogP contribution in [0.25, 0.3) is 11.1 Å². The molecule has 0 fully saturated rings. The van der Waals surface area contributed by atoms with Crippen LogP contribution in [-0.4, -0.2) is 5.11 Å². The maximum atomic E-state index is 9.73. The summed E-state index contributed by atoms with van der Waals surface area (Å²) < 4.78 is 0. The molecule has 16 heavy (non-hydrogen) atoms. The van der Waals surface area contributed by atoms with E-state index in [4.69, 9.17) is 17.3 Å². The van der Waals surface area contributed by atoms with Crippen LogP contribution in [0.5, 0.6) is 5.75 Å². The molecule has 82 valence electrons. The van der Waals surface area contributed by atoms with Gasteiger partial charge in [0.05, 0.1) is 0 Å². The van der Waals surface area contributed by atoms with Gasteiger partial charge in [0.25, 0.3) is 0 Å². The van der Waals surface area contributed by atoms with Crippen LogP contribution in [0.3, 0.4) is 0 Å². The number of phenolic OH excluding ortho intramolecular Hbond substituents is 1. The molecule has 0 aliphatic carbocycles. The molecule has 0 aromatic heterocycles. The first-order valence-corrected chi connectivity index (χ1v) is 5.37. The molecule has 0 saturated heterocycles. The van der Waals surface area contributed by atoms with Crippen LogP contribution in [0.1, 0.15) is 5.56 Å². The molecule has 0 saturated carbocycles. The summed E-state index contributed by atoms with van der Waals surface area (Å²) >= 11 is 5.98. The SMILES string of the molecule is NCc1cc(-c2ccccc2O)ccc1Cl. The lowest BCUT2D eigenvalue weighted by Gasteiger charge is -2.07. The quantitative estimate of drug-likeness (QED) is 0.837. The first-order valence-electron chi connectivity index (χ1n) is 4.99. The molecular weight excluding hydrogens is 222 g/mol. The van der Waals surface area contributed by atoms with Gasteiger partial charge in [0.15, 0.2) is 0 Å². The summed E-state index contributed by atoms with van der Waals surface area (Å²) in [6.07, 6.45) is 0. The van der Waals surface area contributed by atoms with E-state index in [0.717, 1.165) is 16.7 Å². The van der Waals surface area contributed by atoms with Gasteiger partial charge in [-0.25, -0.2) is 0 Å². The zero-order valence-corrected chi connectivity index (χ0v) is 9.41. The second kappa shape index (κ2) is 4.56. The predicted octanol–water partition coefficient (Wildman–Crippen LogP) is 3.17. The van der Waals surface area contributed by atoms with Crippen LogP contribution in [0.4, 0.5) is 0 Å². The maximum Gasteiger partial charge on any atom is 0.123 e. The van der Waals surface area contributed by atoms with Crippen LogP contribution in [0, 0.1) is 0 Å². The standard InChI is InChI=1S/C13H12ClNO/c14-12-6-5-9(7-10(12)8-15)11-3-1-2-4-13(11)16/h1-7,16H,8,15H2. The lowest BCUT2D eigenvalue weighted by molar-refractivity contribution is 0.477. The van der Waals surface area contributed by atoms with Gasteiger partial charge >= 0.3 is 0 Å². The summed E-state index contributed by atoms with van der Waals surface area (Å²) in [5, 5.41) is 10.4.